The molecule has 16 heteroatoms. The minimum absolute atomic E-state index is 0.0598. The topological polar surface area (TPSA) is 139 Å². The Morgan fingerprint density at radius 3 is 1.27 bits per heavy atom. The summed E-state index contributed by atoms with van der Waals surface area (Å²) in [6.07, 6.45) is 1.74. The molecule has 10 nitrogen and oxygen atoms in total. The van der Waals surface area contributed by atoms with Gasteiger partial charge in [-0.05, 0) is 123 Å². The van der Waals surface area contributed by atoms with Crippen LogP contribution < -0.4 is 5.73 Å². The van der Waals surface area contributed by atoms with E-state index in [-0.39, 0.29) is 31.6 Å². The summed E-state index contributed by atoms with van der Waals surface area (Å²) in [6, 6.07) is 1.66. The fourth-order valence-corrected chi connectivity index (χ4v) is 30.2. The second-order valence-electron chi connectivity index (χ2n) is 16.3. The summed E-state index contributed by atoms with van der Waals surface area (Å²) in [6.45, 7) is 31.7. The molecule has 268 valence electrons. The molecule has 0 aliphatic rings. The Kier molecular flexibility index (Phi) is 19.5. The Balaban J connectivity index is 4.69. The summed E-state index contributed by atoms with van der Waals surface area (Å²) in [5, 5.41) is 20.9. The fourth-order valence-electron chi connectivity index (χ4n) is 5.21. The van der Waals surface area contributed by atoms with Crippen molar-refractivity contribution in [3.8, 4) is 0 Å². The van der Waals surface area contributed by atoms with Gasteiger partial charge in [-0.15, -0.1) is 0 Å². The highest BCUT2D eigenvalue weighted by molar-refractivity contribution is 6.88. The third kappa shape index (κ3) is 25.8. The van der Waals surface area contributed by atoms with Crippen LogP contribution in [-0.4, -0.2) is 105 Å². The lowest BCUT2D eigenvalue weighted by Gasteiger charge is -2.38. The zero-order valence-electron chi connectivity index (χ0n) is 31.1. The number of nitrogens with two attached hydrogens (primary N) is 1. The van der Waals surface area contributed by atoms with Crippen LogP contribution in [0.3, 0.4) is 0 Å². The SMILES string of the molecule is C[Si](C)(C)O[Si](C)(CCCOCC(O)CC=C(CC(O)COCCC[Si](C)(O[Si](C)(C)C)O[Si](C)(C)C)C(N)=O)O[Si](C)(C)C. The molecule has 0 spiro atoms. The molecule has 0 radical (unpaired) electrons. The minimum atomic E-state index is -2.33. The van der Waals surface area contributed by atoms with Gasteiger partial charge in [-0.25, -0.2) is 0 Å². The Morgan fingerprint density at radius 2 is 0.956 bits per heavy atom. The van der Waals surface area contributed by atoms with Gasteiger partial charge in [0.05, 0.1) is 25.4 Å². The van der Waals surface area contributed by atoms with Gasteiger partial charge in [0.1, 0.15) is 0 Å². The van der Waals surface area contributed by atoms with Gasteiger partial charge in [0.15, 0.2) is 33.3 Å². The van der Waals surface area contributed by atoms with Gasteiger partial charge in [0.2, 0.25) is 5.91 Å². The van der Waals surface area contributed by atoms with E-state index in [1.54, 1.807) is 6.08 Å². The van der Waals surface area contributed by atoms with E-state index in [4.69, 9.17) is 31.7 Å². The minimum Gasteiger partial charge on any atom is -0.437 e. The van der Waals surface area contributed by atoms with Crippen molar-refractivity contribution in [1.82, 2.24) is 0 Å². The Labute approximate surface area is 281 Å². The van der Waals surface area contributed by atoms with Gasteiger partial charge < -0.3 is 41.9 Å². The number of amides is 1. The molecule has 0 aromatic heterocycles. The van der Waals surface area contributed by atoms with E-state index in [0.29, 0.717) is 13.2 Å². The lowest BCUT2D eigenvalue weighted by molar-refractivity contribution is -0.115. The molecule has 0 rings (SSSR count). The normalized spacial score (nSPS) is 15.8. The van der Waals surface area contributed by atoms with Gasteiger partial charge in [-0.2, -0.15) is 0 Å². The third-order valence-electron chi connectivity index (χ3n) is 5.96. The standard InChI is InChI=1S/C29H69NO9Si6/c1-40(2,3)36-44(13,37-41(4,5)6)21-15-19-34-24-27(31)18-17-26(29(30)33)23-28(32)25-35-20-16-22-45(14,38-42(7,8)9)39-43(10,11)12/h17,27-28,31-32H,15-16,18-25H2,1-14H3,(H2,30,33). The molecule has 0 aromatic carbocycles. The number of aliphatic hydroxyl groups excluding tert-OH is 2. The Hall–Kier alpha value is 0.191. The first-order valence-corrected chi connectivity index (χ1v) is 35.1. The van der Waals surface area contributed by atoms with Crippen molar-refractivity contribution in [3.63, 3.8) is 0 Å². The molecule has 2 unspecified atom stereocenters. The largest absolute Gasteiger partial charge is 0.437 e. The van der Waals surface area contributed by atoms with Crippen molar-refractivity contribution >= 4 is 56.3 Å². The zero-order valence-corrected chi connectivity index (χ0v) is 37.1. The molecule has 0 fully saturated rings. The molecule has 0 aliphatic heterocycles. The molecule has 2 atom stereocenters. The van der Waals surface area contributed by atoms with Gasteiger partial charge in [0, 0.05) is 25.2 Å². The molecule has 0 aliphatic carbocycles. The van der Waals surface area contributed by atoms with Crippen LogP contribution in [0.15, 0.2) is 11.6 Å². The summed E-state index contributed by atoms with van der Waals surface area (Å²) in [5.41, 5.74) is 5.83. The highest BCUT2D eigenvalue weighted by Gasteiger charge is 2.41. The lowest BCUT2D eigenvalue weighted by Crippen LogP contribution is -2.52. The number of carbonyl (C=O) groups is 1. The van der Waals surface area contributed by atoms with Gasteiger partial charge in [0.25, 0.3) is 0 Å². The Morgan fingerprint density at radius 1 is 0.622 bits per heavy atom. The van der Waals surface area contributed by atoms with E-state index in [1.807, 2.05) is 0 Å². The number of aliphatic hydroxyl groups is 2. The molecule has 0 saturated carbocycles. The predicted octanol–water partition coefficient (Wildman–Crippen LogP) is 6.26. The van der Waals surface area contributed by atoms with Crippen molar-refractivity contribution in [2.24, 2.45) is 5.73 Å². The van der Waals surface area contributed by atoms with Crippen LogP contribution in [0.25, 0.3) is 0 Å². The second kappa shape index (κ2) is 19.4. The number of hydrogen-bond donors (Lipinski definition) is 3. The molecule has 4 N–H and O–H groups in total. The maximum atomic E-state index is 12.0. The van der Waals surface area contributed by atoms with E-state index in [0.717, 1.165) is 24.9 Å². The summed E-state index contributed by atoms with van der Waals surface area (Å²) in [5.74, 6) is -0.620. The van der Waals surface area contributed by atoms with Crippen molar-refractivity contribution in [3.05, 3.63) is 11.6 Å². The quantitative estimate of drug-likeness (QED) is 0.0562. The maximum absolute atomic E-state index is 12.0. The number of hydrogen-bond acceptors (Lipinski definition) is 9. The first kappa shape index (κ1) is 45.2. The van der Waals surface area contributed by atoms with Gasteiger partial charge >= 0.3 is 17.1 Å². The van der Waals surface area contributed by atoms with Crippen LogP contribution >= 0.6 is 0 Å². The summed E-state index contributed by atoms with van der Waals surface area (Å²) in [7, 11) is -11.7. The molecule has 45 heavy (non-hydrogen) atoms. The van der Waals surface area contributed by atoms with Gasteiger partial charge in [-0.1, -0.05) is 6.08 Å². The van der Waals surface area contributed by atoms with Crippen LogP contribution in [-0.2, 0) is 30.7 Å². The molecular formula is C29H69NO9Si6. The number of primary amides is 1. The fraction of sp³-hybridized carbons (Fsp3) is 0.897. The van der Waals surface area contributed by atoms with E-state index in [9.17, 15) is 15.0 Å². The first-order chi connectivity index (χ1) is 20.1. The zero-order chi connectivity index (χ0) is 35.3. The number of ether oxygens (including phenoxy) is 2. The van der Waals surface area contributed by atoms with E-state index in [2.05, 4.69) is 91.7 Å². The molecule has 1 amide bonds. The second-order valence-corrected chi connectivity index (χ2v) is 42.0. The smallest absolute Gasteiger partial charge is 0.314 e. The van der Waals surface area contributed by atoms with Crippen molar-refractivity contribution in [1.29, 1.82) is 0 Å². The van der Waals surface area contributed by atoms with Crippen LogP contribution in [0.2, 0.25) is 104 Å². The van der Waals surface area contributed by atoms with Gasteiger partial charge in [-0.3, -0.25) is 4.79 Å². The van der Waals surface area contributed by atoms with Crippen LogP contribution in [0.5, 0.6) is 0 Å². The molecule has 0 saturated heterocycles. The Bertz CT molecular complexity index is 867. The monoisotopic (exact) mass is 743 g/mol. The number of rotatable bonds is 25. The maximum Gasteiger partial charge on any atom is 0.314 e. The average Bonchev–Trinajstić information content (AvgIpc) is 2.75. The first-order valence-electron chi connectivity index (χ1n) is 16.4. The third-order valence-corrected chi connectivity index (χ3v) is 25.2. The lowest BCUT2D eigenvalue weighted by atomic mass is 10.1. The molecule has 0 heterocycles. The van der Waals surface area contributed by atoms with Crippen LogP contribution in [0.4, 0.5) is 0 Å². The molecule has 0 bridgehead atoms. The van der Waals surface area contributed by atoms with Crippen molar-refractivity contribution in [2.45, 2.75) is 142 Å². The molecular weight excluding hydrogens is 675 g/mol. The van der Waals surface area contributed by atoms with Crippen molar-refractivity contribution in [2.75, 3.05) is 26.4 Å². The number of carbonyl (C=O) groups excluding carboxylic acids is 1. The van der Waals surface area contributed by atoms with E-state index < -0.39 is 68.5 Å². The van der Waals surface area contributed by atoms with E-state index in [1.165, 1.54) is 0 Å². The summed E-state index contributed by atoms with van der Waals surface area (Å²) >= 11 is 0. The highest BCUT2D eigenvalue weighted by atomic mass is 28.5. The highest BCUT2D eigenvalue weighted by Crippen LogP contribution is 2.27. The van der Waals surface area contributed by atoms with Crippen LogP contribution in [0.1, 0.15) is 25.7 Å². The average molecular weight is 744 g/mol. The summed E-state index contributed by atoms with van der Waals surface area (Å²) < 4.78 is 37.6. The predicted molar refractivity (Wildman–Crippen MR) is 200 cm³/mol. The summed E-state index contributed by atoms with van der Waals surface area (Å²) in [4.78, 5) is 12.0. The van der Waals surface area contributed by atoms with Crippen LogP contribution in [0, 0.1) is 0 Å². The van der Waals surface area contributed by atoms with E-state index >= 15 is 0 Å². The van der Waals surface area contributed by atoms with Crippen molar-refractivity contribution < 1.29 is 40.9 Å². The molecule has 0 aromatic rings.